The molecule has 1 aromatic heterocycles. The molecule has 0 saturated heterocycles. The Balaban J connectivity index is 1.91. The molecule has 7 heteroatoms. The Kier molecular flexibility index (Phi) is 6.25. The SMILES string of the molecule is C=CCn1c(SCc2c(Cl)cccc2Cl)nnc1-c1cccc(OC)c1. The van der Waals surface area contributed by atoms with Crippen LogP contribution in [0.1, 0.15) is 5.56 Å². The number of rotatable bonds is 7. The van der Waals surface area contributed by atoms with Crippen molar-refractivity contribution < 1.29 is 4.74 Å². The predicted molar refractivity (Wildman–Crippen MR) is 108 cm³/mol. The molecule has 0 saturated carbocycles. The highest BCUT2D eigenvalue weighted by Crippen LogP contribution is 2.32. The van der Waals surface area contributed by atoms with Crippen LogP contribution in [0.5, 0.6) is 5.75 Å². The van der Waals surface area contributed by atoms with Gasteiger partial charge in [0.05, 0.1) is 7.11 Å². The molecule has 0 N–H and O–H groups in total. The molecule has 0 spiro atoms. The monoisotopic (exact) mass is 405 g/mol. The van der Waals surface area contributed by atoms with Gasteiger partial charge in [-0.2, -0.15) is 0 Å². The van der Waals surface area contributed by atoms with Gasteiger partial charge in [-0.3, -0.25) is 4.57 Å². The third-order valence-electron chi connectivity index (χ3n) is 3.76. The quantitative estimate of drug-likeness (QED) is 0.371. The van der Waals surface area contributed by atoms with Gasteiger partial charge in [0, 0.05) is 27.9 Å². The van der Waals surface area contributed by atoms with E-state index in [1.165, 1.54) is 11.8 Å². The van der Waals surface area contributed by atoms with Gasteiger partial charge in [-0.25, -0.2) is 0 Å². The number of nitrogens with zero attached hydrogens (tertiary/aromatic N) is 3. The fourth-order valence-corrected chi connectivity index (χ4v) is 4.16. The zero-order valence-corrected chi connectivity index (χ0v) is 16.5. The van der Waals surface area contributed by atoms with Gasteiger partial charge < -0.3 is 4.74 Å². The standard InChI is InChI=1S/C19H17Cl2N3OS/c1-3-10-24-18(13-6-4-7-14(11-13)25-2)22-23-19(24)26-12-15-16(20)8-5-9-17(15)21/h3-9,11H,1,10,12H2,2H3. The predicted octanol–water partition coefficient (Wildman–Crippen LogP) is 5.74. The van der Waals surface area contributed by atoms with Crippen LogP contribution in [0.3, 0.4) is 0 Å². The fraction of sp³-hybridized carbons (Fsp3) is 0.158. The number of halogens is 2. The van der Waals surface area contributed by atoms with E-state index in [0.29, 0.717) is 22.3 Å². The number of benzene rings is 2. The van der Waals surface area contributed by atoms with Gasteiger partial charge in [0.25, 0.3) is 0 Å². The lowest BCUT2D eigenvalue weighted by molar-refractivity contribution is 0.415. The van der Waals surface area contributed by atoms with E-state index in [0.717, 1.165) is 27.9 Å². The van der Waals surface area contributed by atoms with Crippen LogP contribution in [0, 0.1) is 0 Å². The number of allylic oxidation sites excluding steroid dienone is 1. The van der Waals surface area contributed by atoms with Crippen molar-refractivity contribution in [1.82, 2.24) is 14.8 Å². The molecule has 26 heavy (non-hydrogen) atoms. The maximum Gasteiger partial charge on any atom is 0.192 e. The maximum atomic E-state index is 6.26. The molecule has 3 rings (SSSR count). The molecule has 0 aliphatic carbocycles. The minimum absolute atomic E-state index is 0.595. The van der Waals surface area contributed by atoms with Crippen molar-refractivity contribution in [3.05, 3.63) is 70.7 Å². The van der Waals surface area contributed by atoms with E-state index in [1.807, 2.05) is 53.1 Å². The average molecular weight is 406 g/mol. The smallest absolute Gasteiger partial charge is 0.192 e. The molecule has 0 aliphatic heterocycles. The fourth-order valence-electron chi connectivity index (χ4n) is 2.47. The van der Waals surface area contributed by atoms with E-state index in [1.54, 1.807) is 7.11 Å². The Labute approximate surface area is 166 Å². The zero-order chi connectivity index (χ0) is 18.5. The lowest BCUT2D eigenvalue weighted by Gasteiger charge is -2.10. The van der Waals surface area contributed by atoms with Crippen LogP contribution < -0.4 is 4.74 Å². The molecule has 0 radical (unpaired) electrons. The second kappa shape index (κ2) is 8.62. The van der Waals surface area contributed by atoms with E-state index in [9.17, 15) is 0 Å². The molecular weight excluding hydrogens is 389 g/mol. The number of aromatic nitrogens is 3. The van der Waals surface area contributed by atoms with Gasteiger partial charge in [-0.05, 0) is 29.8 Å². The summed E-state index contributed by atoms with van der Waals surface area (Å²) < 4.78 is 7.31. The Bertz CT molecular complexity index is 907. The number of thioether (sulfide) groups is 1. The number of methoxy groups -OCH3 is 1. The molecule has 2 aromatic carbocycles. The Hall–Kier alpha value is -1.95. The summed E-state index contributed by atoms with van der Waals surface area (Å²) in [6.45, 7) is 4.43. The van der Waals surface area contributed by atoms with Gasteiger partial charge in [-0.15, -0.1) is 16.8 Å². The van der Waals surface area contributed by atoms with Crippen molar-refractivity contribution in [2.75, 3.05) is 7.11 Å². The van der Waals surface area contributed by atoms with Crippen LogP contribution >= 0.6 is 35.0 Å². The Morgan fingerprint density at radius 2 is 1.88 bits per heavy atom. The lowest BCUT2D eigenvalue weighted by Crippen LogP contribution is -2.01. The molecule has 0 fully saturated rings. The lowest BCUT2D eigenvalue weighted by atomic mass is 10.2. The van der Waals surface area contributed by atoms with Crippen LogP contribution in [0.15, 0.2) is 60.3 Å². The first-order chi connectivity index (χ1) is 12.6. The third-order valence-corrected chi connectivity index (χ3v) is 5.47. The summed E-state index contributed by atoms with van der Waals surface area (Å²) in [5.41, 5.74) is 1.82. The summed E-state index contributed by atoms with van der Waals surface area (Å²) in [4.78, 5) is 0. The number of hydrogen-bond acceptors (Lipinski definition) is 4. The Morgan fingerprint density at radius 1 is 1.15 bits per heavy atom. The summed E-state index contributed by atoms with van der Waals surface area (Å²) in [6.07, 6.45) is 1.82. The average Bonchev–Trinajstić information content (AvgIpc) is 3.04. The molecule has 0 atom stereocenters. The number of hydrogen-bond donors (Lipinski definition) is 0. The first kappa shape index (κ1) is 18.8. The van der Waals surface area contributed by atoms with Gasteiger partial charge in [0.1, 0.15) is 5.75 Å². The second-order valence-corrected chi connectivity index (χ2v) is 7.18. The van der Waals surface area contributed by atoms with Crippen LogP contribution in [0.2, 0.25) is 10.0 Å². The van der Waals surface area contributed by atoms with E-state index >= 15 is 0 Å². The van der Waals surface area contributed by atoms with Crippen molar-refractivity contribution in [1.29, 1.82) is 0 Å². The number of ether oxygens (including phenoxy) is 1. The molecule has 0 bridgehead atoms. The van der Waals surface area contributed by atoms with E-state index in [-0.39, 0.29) is 0 Å². The molecule has 1 heterocycles. The van der Waals surface area contributed by atoms with Crippen LogP contribution in [-0.2, 0) is 12.3 Å². The van der Waals surface area contributed by atoms with Crippen molar-refractivity contribution >= 4 is 35.0 Å². The zero-order valence-electron chi connectivity index (χ0n) is 14.2. The summed E-state index contributed by atoms with van der Waals surface area (Å²) in [5, 5.41) is 10.8. The van der Waals surface area contributed by atoms with Crippen molar-refractivity contribution in [3.63, 3.8) is 0 Å². The topological polar surface area (TPSA) is 39.9 Å². The highest BCUT2D eigenvalue weighted by Gasteiger charge is 2.15. The van der Waals surface area contributed by atoms with Crippen LogP contribution in [0.4, 0.5) is 0 Å². The van der Waals surface area contributed by atoms with E-state index in [2.05, 4.69) is 16.8 Å². The minimum Gasteiger partial charge on any atom is -0.497 e. The molecule has 134 valence electrons. The first-order valence-corrected chi connectivity index (χ1v) is 9.62. The van der Waals surface area contributed by atoms with Gasteiger partial charge in [0.15, 0.2) is 11.0 Å². The second-order valence-electron chi connectivity index (χ2n) is 5.43. The highest BCUT2D eigenvalue weighted by atomic mass is 35.5. The van der Waals surface area contributed by atoms with Gasteiger partial charge >= 0.3 is 0 Å². The van der Waals surface area contributed by atoms with Gasteiger partial charge in [-0.1, -0.05) is 59.2 Å². The summed E-state index contributed by atoms with van der Waals surface area (Å²) >= 11 is 14.1. The van der Waals surface area contributed by atoms with Crippen molar-refractivity contribution in [2.45, 2.75) is 17.5 Å². The molecule has 3 aromatic rings. The normalized spacial score (nSPS) is 10.7. The molecule has 0 amide bonds. The summed E-state index contributed by atoms with van der Waals surface area (Å²) in [7, 11) is 1.64. The van der Waals surface area contributed by atoms with Crippen LogP contribution in [0.25, 0.3) is 11.4 Å². The van der Waals surface area contributed by atoms with Crippen LogP contribution in [-0.4, -0.2) is 21.9 Å². The molecule has 4 nitrogen and oxygen atoms in total. The minimum atomic E-state index is 0.595. The van der Waals surface area contributed by atoms with Crippen molar-refractivity contribution in [2.24, 2.45) is 0 Å². The first-order valence-electron chi connectivity index (χ1n) is 7.88. The Morgan fingerprint density at radius 3 is 2.58 bits per heavy atom. The third kappa shape index (κ3) is 4.06. The molecule has 0 unspecified atom stereocenters. The highest BCUT2D eigenvalue weighted by molar-refractivity contribution is 7.98. The maximum absolute atomic E-state index is 6.26. The summed E-state index contributed by atoms with van der Waals surface area (Å²) in [6, 6.07) is 13.2. The van der Waals surface area contributed by atoms with Gasteiger partial charge in [0.2, 0.25) is 0 Å². The molecule has 0 aliphatic rings. The van der Waals surface area contributed by atoms with E-state index in [4.69, 9.17) is 27.9 Å². The largest absolute Gasteiger partial charge is 0.497 e. The molecular formula is C19H17Cl2N3OS. The summed E-state index contributed by atoms with van der Waals surface area (Å²) in [5.74, 6) is 2.13. The van der Waals surface area contributed by atoms with E-state index < -0.39 is 0 Å². The van der Waals surface area contributed by atoms with Crippen molar-refractivity contribution in [3.8, 4) is 17.1 Å².